The number of hydrogen-bond donors (Lipinski definition) is 2. The minimum atomic E-state index is 0. The molecule has 2 N–H and O–H groups in total. The summed E-state index contributed by atoms with van der Waals surface area (Å²) in [6.07, 6.45) is 3.62. The molecule has 0 aromatic heterocycles. The number of benzene rings is 1. The van der Waals surface area contributed by atoms with Crippen LogP contribution in [0.1, 0.15) is 38.2 Å². The number of aliphatic imine (C=N–C) groups is 1. The quantitative estimate of drug-likeness (QED) is 0.281. The molecule has 0 heterocycles. The van der Waals surface area contributed by atoms with E-state index in [0.29, 0.717) is 19.0 Å². The lowest BCUT2D eigenvalue weighted by atomic mass is 10.2. The van der Waals surface area contributed by atoms with Crippen molar-refractivity contribution in [2.24, 2.45) is 4.99 Å². The minimum Gasteiger partial charge on any atom is -0.357 e. The van der Waals surface area contributed by atoms with Crippen molar-refractivity contribution >= 4 is 35.8 Å². The van der Waals surface area contributed by atoms with Gasteiger partial charge in [-0.05, 0) is 31.7 Å². The zero-order valence-corrected chi connectivity index (χ0v) is 17.0. The molecule has 0 saturated heterocycles. The van der Waals surface area contributed by atoms with Gasteiger partial charge in [0.05, 0.1) is 0 Å². The van der Waals surface area contributed by atoms with Crippen LogP contribution in [0.25, 0.3) is 0 Å². The zero-order chi connectivity index (χ0) is 16.5. The minimum absolute atomic E-state index is 0. The van der Waals surface area contributed by atoms with Gasteiger partial charge in [0.1, 0.15) is 0 Å². The van der Waals surface area contributed by atoms with Gasteiger partial charge in [-0.15, -0.1) is 24.0 Å². The molecule has 2 rings (SSSR count). The number of carbonyl (C=O) groups excluding carboxylic acids is 1. The van der Waals surface area contributed by atoms with Crippen molar-refractivity contribution in [3.63, 3.8) is 0 Å². The van der Waals surface area contributed by atoms with Crippen LogP contribution in [-0.4, -0.2) is 42.9 Å². The van der Waals surface area contributed by atoms with Crippen molar-refractivity contribution in [3.8, 4) is 0 Å². The Bertz CT molecular complexity index is 517. The standard InChI is InChI=1S/C18H28N4O.HI/c1-3-19-18(22(2)14-15-8-5-4-6-9-15)20-13-7-10-17(23)21-16-11-12-16;/h4-6,8-9,16H,3,7,10-14H2,1-2H3,(H,19,20)(H,21,23);1H. The van der Waals surface area contributed by atoms with Gasteiger partial charge in [0.15, 0.2) is 5.96 Å². The molecule has 5 nitrogen and oxygen atoms in total. The molecule has 0 radical (unpaired) electrons. The van der Waals surface area contributed by atoms with E-state index in [0.717, 1.165) is 38.3 Å². The highest BCUT2D eigenvalue weighted by Crippen LogP contribution is 2.18. The molecule has 1 fully saturated rings. The average Bonchev–Trinajstić information content (AvgIpc) is 3.35. The Balaban J connectivity index is 0.00000288. The van der Waals surface area contributed by atoms with E-state index in [2.05, 4.69) is 39.6 Å². The lowest BCUT2D eigenvalue weighted by Crippen LogP contribution is -2.38. The van der Waals surface area contributed by atoms with Gasteiger partial charge in [-0.25, -0.2) is 0 Å². The molecule has 1 aliphatic rings. The second-order valence-electron chi connectivity index (χ2n) is 6.02. The van der Waals surface area contributed by atoms with Gasteiger partial charge < -0.3 is 15.5 Å². The molecule has 1 amide bonds. The number of hydrogen-bond acceptors (Lipinski definition) is 2. The number of carbonyl (C=O) groups is 1. The van der Waals surface area contributed by atoms with Crippen LogP contribution in [0.2, 0.25) is 0 Å². The van der Waals surface area contributed by atoms with Gasteiger partial charge in [0.2, 0.25) is 5.91 Å². The van der Waals surface area contributed by atoms with Crippen molar-refractivity contribution < 1.29 is 4.79 Å². The molecule has 1 aliphatic carbocycles. The van der Waals surface area contributed by atoms with Crippen LogP contribution in [0.15, 0.2) is 35.3 Å². The first kappa shape index (κ1) is 20.7. The Labute approximate surface area is 162 Å². The highest BCUT2D eigenvalue weighted by molar-refractivity contribution is 14.0. The Morgan fingerprint density at radius 2 is 2.00 bits per heavy atom. The van der Waals surface area contributed by atoms with E-state index in [1.165, 1.54) is 5.56 Å². The maximum Gasteiger partial charge on any atom is 0.220 e. The smallest absolute Gasteiger partial charge is 0.220 e. The Hall–Kier alpha value is -1.31. The third-order valence-electron chi connectivity index (χ3n) is 3.73. The number of halogens is 1. The predicted molar refractivity (Wildman–Crippen MR) is 110 cm³/mol. The first-order valence-electron chi connectivity index (χ1n) is 8.51. The highest BCUT2D eigenvalue weighted by atomic mass is 127. The van der Waals surface area contributed by atoms with E-state index < -0.39 is 0 Å². The monoisotopic (exact) mass is 444 g/mol. The summed E-state index contributed by atoms with van der Waals surface area (Å²) in [4.78, 5) is 18.4. The van der Waals surface area contributed by atoms with Crippen molar-refractivity contribution in [2.45, 2.75) is 45.2 Å². The van der Waals surface area contributed by atoms with Crippen LogP contribution in [0.5, 0.6) is 0 Å². The fourth-order valence-electron chi connectivity index (χ4n) is 2.35. The number of nitrogens with one attached hydrogen (secondary N) is 2. The van der Waals surface area contributed by atoms with Crippen LogP contribution < -0.4 is 10.6 Å². The van der Waals surface area contributed by atoms with Crippen LogP contribution in [0, 0.1) is 0 Å². The summed E-state index contributed by atoms with van der Waals surface area (Å²) in [6, 6.07) is 10.8. The topological polar surface area (TPSA) is 56.7 Å². The Kier molecular flexibility index (Phi) is 9.75. The third-order valence-corrected chi connectivity index (χ3v) is 3.73. The molecule has 0 bridgehead atoms. The van der Waals surface area contributed by atoms with Gasteiger partial charge in [0, 0.05) is 39.1 Å². The summed E-state index contributed by atoms with van der Waals surface area (Å²) in [5.74, 6) is 1.05. The molecule has 24 heavy (non-hydrogen) atoms. The van der Waals surface area contributed by atoms with Gasteiger partial charge in [-0.2, -0.15) is 0 Å². The molecule has 1 saturated carbocycles. The summed E-state index contributed by atoms with van der Waals surface area (Å²) < 4.78 is 0. The maximum absolute atomic E-state index is 11.7. The number of rotatable bonds is 8. The zero-order valence-electron chi connectivity index (χ0n) is 14.6. The second-order valence-corrected chi connectivity index (χ2v) is 6.02. The summed E-state index contributed by atoms with van der Waals surface area (Å²) in [5, 5.41) is 6.32. The summed E-state index contributed by atoms with van der Waals surface area (Å²) in [5.41, 5.74) is 1.25. The summed E-state index contributed by atoms with van der Waals surface area (Å²) in [7, 11) is 2.04. The van der Waals surface area contributed by atoms with E-state index >= 15 is 0 Å². The van der Waals surface area contributed by atoms with Crippen LogP contribution >= 0.6 is 24.0 Å². The highest BCUT2D eigenvalue weighted by Gasteiger charge is 2.22. The van der Waals surface area contributed by atoms with Crippen molar-refractivity contribution in [1.29, 1.82) is 0 Å². The number of amides is 1. The largest absolute Gasteiger partial charge is 0.357 e. The summed E-state index contributed by atoms with van der Waals surface area (Å²) >= 11 is 0. The van der Waals surface area contributed by atoms with Crippen LogP contribution in [0.4, 0.5) is 0 Å². The van der Waals surface area contributed by atoms with Gasteiger partial charge >= 0.3 is 0 Å². The molecule has 0 atom stereocenters. The number of nitrogens with zero attached hydrogens (tertiary/aromatic N) is 2. The van der Waals surface area contributed by atoms with E-state index in [1.807, 2.05) is 25.2 Å². The molecule has 1 aromatic carbocycles. The molecule has 1 aromatic rings. The second kappa shape index (κ2) is 11.3. The average molecular weight is 444 g/mol. The molecular weight excluding hydrogens is 415 g/mol. The Morgan fingerprint density at radius 3 is 2.62 bits per heavy atom. The van der Waals surface area contributed by atoms with Crippen molar-refractivity contribution in [2.75, 3.05) is 20.1 Å². The SMILES string of the molecule is CCNC(=NCCCC(=O)NC1CC1)N(C)Cc1ccccc1.I. The van der Waals surface area contributed by atoms with E-state index in [4.69, 9.17) is 0 Å². The predicted octanol–water partition coefficient (Wildman–Crippen LogP) is 2.76. The fourth-order valence-corrected chi connectivity index (χ4v) is 2.35. The van der Waals surface area contributed by atoms with Gasteiger partial charge in [-0.3, -0.25) is 9.79 Å². The van der Waals surface area contributed by atoms with Gasteiger partial charge in [0.25, 0.3) is 0 Å². The summed E-state index contributed by atoms with van der Waals surface area (Å²) in [6.45, 7) is 4.38. The molecular formula is C18H29IN4O. The van der Waals surface area contributed by atoms with Crippen LogP contribution in [0.3, 0.4) is 0 Å². The lowest BCUT2D eigenvalue weighted by molar-refractivity contribution is -0.121. The third kappa shape index (κ3) is 7.99. The van der Waals surface area contributed by atoms with E-state index in [-0.39, 0.29) is 29.9 Å². The first-order chi connectivity index (χ1) is 11.2. The van der Waals surface area contributed by atoms with E-state index in [9.17, 15) is 4.79 Å². The lowest BCUT2D eigenvalue weighted by Gasteiger charge is -2.22. The van der Waals surface area contributed by atoms with Crippen molar-refractivity contribution in [1.82, 2.24) is 15.5 Å². The van der Waals surface area contributed by atoms with Gasteiger partial charge in [-0.1, -0.05) is 30.3 Å². The number of guanidine groups is 1. The fraction of sp³-hybridized carbons (Fsp3) is 0.556. The van der Waals surface area contributed by atoms with E-state index in [1.54, 1.807) is 0 Å². The van der Waals surface area contributed by atoms with Crippen LogP contribution in [-0.2, 0) is 11.3 Å². The molecule has 0 spiro atoms. The maximum atomic E-state index is 11.7. The molecule has 134 valence electrons. The molecule has 0 unspecified atom stereocenters. The first-order valence-corrected chi connectivity index (χ1v) is 8.51. The molecule has 0 aliphatic heterocycles. The molecule has 6 heteroatoms. The Morgan fingerprint density at radius 1 is 1.29 bits per heavy atom. The normalized spacial score (nSPS) is 13.8. The van der Waals surface area contributed by atoms with Crippen molar-refractivity contribution in [3.05, 3.63) is 35.9 Å².